The maximum atomic E-state index is 14.9. The van der Waals surface area contributed by atoms with E-state index in [-0.39, 0.29) is 5.69 Å². The van der Waals surface area contributed by atoms with Gasteiger partial charge in [0, 0.05) is 42.7 Å². The van der Waals surface area contributed by atoms with Gasteiger partial charge in [0.15, 0.2) is 23.2 Å². The van der Waals surface area contributed by atoms with Gasteiger partial charge in [0.25, 0.3) is 0 Å². The molecule has 3 aliphatic rings. The number of aliphatic imine (C=N–C) groups is 1. The monoisotopic (exact) mass is 465 g/mol. The summed E-state index contributed by atoms with van der Waals surface area (Å²) in [6.45, 7) is 5.63. The Bertz CT molecular complexity index is 1360. The molecule has 0 bridgehead atoms. The zero-order valence-corrected chi connectivity index (χ0v) is 19.5. The summed E-state index contributed by atoms with van der Waals surface area (Å²) in [4.78, 5) is 8.75. The molecule has 34 heavy (non-hydrogen) atoms. The van der Waals surface area contributed by atoms with Crippen LogP contribution in [0.5, 0.6) is 5.75 Å². The van der Waals surface area contributed by atoms with Gasteiger partial charge in [-0.05, 0) is 44.7 Å². The number of hydrogen-bond acceptors (Lipinski definition) is 4. The van der Waals surface area contributed by atoms with Crippen LogP contribution in [0.2, 0.25) is 0 Å². The summed E-state index contributed by atoms with van der Waals surface area (Å²) in [7, 11) is 1.64. The quantitative estimate of drug-likeness (QED) is 0.386. The Morgan fingerprint density at radius 1 is 0.941 bits per heavy atom. The highest BCUT2D eigenvalue weighted by molar-refractivity contribution is 6.06. The van der Waals surface area contributed by atoms with Gasteiger partial charge in [0.1, 0.15) is 5.69 Å². The van der Waals surface area contributed by atoms with E-state index in [0.29, 0.717) is 17.0 Å². The van der Waals surface area contributed by atoms with Gasteiger partial charge in [-0.3, -0.25) is 4.99 Å². The van der Waals surface area contributed by atoms with Crippen LogP contribution in [0.3, 0.4) is 0 Å². The molecule has 176 valence electrons. The van der Waals surface area contributed by atoms with Gasteiger partial charge in [-0.15, -0.1) is 0 Å². The number of ether oxygens (including phenoxy) is 1. The molecule has 0 aromatic heterocycles. The zero-order valence-electron chi connectivity index (χ0n) is 19.5. The average molecular weight is 466 g/mol. The van der Waals surface area contributed by atoms with E-state index in [9.17, 15) is 13.2 Å². The second kappa shape index (κ2) is 7.14. The van der Waals surface area contributed by atoms with Crippen LogP contribution in [0.25, 0.3) is 10.8 Å². The van der Waals surface area contributed by atoms with Crippen molar-refractivity contribution in [3.63, 3.8) is 0 Å². The molecule has 1 fully saturated rings. The Morgan fingerprint density at radius 2 is 1.65 bits per heavy atom. The number of anilines is 2. The molecule has 0 aliphatic carbocycles. The highest BCUT2D eigenvalue weighted by atomic mass is 19.2. The SMILES string of the molecule is CN1c2c(cc(F)c(F)c2F)C(C)(C)C12C=Nc1c(cc(N3CCCCC3)c3ccccc13)O2. The van der Waals surface area contributed by atoms with E-state index in [4.69, 9.17) is 9.73 Å². The van der Waals surface area contributed by atoms with Crippen molar-refractivity contribution >= 4 is 34.0 Å². The Labute approximate surface area is 196 Å². The van der Waals surface area contributed by atoms with Crippen molar-refractivity contribution in [3.05, 3.63) is 59.4 Å². The summed E-state index contributed by atoms with van der Waals surface area (Å²) in [5, 5.41) is 2.09. The molecular formula is C27H26F3N3O. The predicted octanol–water partition coefficient (Wildman–Crippen LogP) is 6.47. The van der Waals surface area contributed by atoms with Gasteiger partial charge in [-0.2, -0.15) is 0 Å². The number of halogens is 3. The van der Waals surface area contributed by atoms with Crippen LogP contribution in [-0.2, 0) is 5.41 Å². The third-order valence-corrected chi connectivity index (χ3v) is 7.83. The lowest BCUT2D eigenvalue weighted by molar-refractivity contribution is 0.0824. The lowest BCUT2D eigenvalue weighted by Gasteiger charge is -2.45. The lowest BCUT2D eigenvalue weighted by Crippen LogP contribution is -2.61. The van der Waals surface area contributed by atoms with Crippen molar-refractivity contribution in [2.45, 2.75) is 44.2 Å². The predicted molar refractivity (Wildman–Crippen MR) is 129 cm³/mol. The summed E-state index contributed by atoms with van der Waals surface area (Å²) in [6.07, 6.45) is 5.14. The van der Waals surface area contributed by atoms with Crippen LogP contribution in [0.1, 0.15) is 38.7 Å². The first kappa shape index (κ1) is 21.3. The van der Waals surface area contributed by atoms with E-state index in [0.717, 1.165) is 48.5 Å². The van der Waals surface area contributed by atoms with E-state index in [1.165, 1.54) is 6.42 Å². The molecule has 0 N–H and O–H groups in total. The maximum Gasteiger partial charge on any atom is 0.228 e. The standard InChI is InChI=1S/C27H26F3N3O/c1-26(2)18-13-19(28)22(29)23(30)25(18)32(3)27(26)15-31-24-17-10-6-5-9-16(17)20(14-21(24)34-27)33-11-7-4-8-12-33/h5-6,9-10,13-15H,4,7-8,11-12H2,1-3H3. The van der Waals surface area contributed by atoms with Crippen LogP contribution in [0.15, 0.2) is 41.4 Å². The van der Waals surface area contributed by atoms with E-state index in [1.807, 2.05) is 38.1 Å². The van der Waals surface area contributed by atoms with E-state index in [1.54, 1.807) is 18.2 Å². The van der Waals surface area contributed by atoms with Crippen LogP contribution >= 0.6 is 0 Å². The zero-order chi connectivity index (χ0) is 23.8. The van der Waals surface area contributed by atoms with Gasteiger partial charge in [-0.1, -0.05) is 24.3 Å². The van der Waals surface area contributed by atoms with Crippen molar-refractivity contribution in [1.29, 1.82) is 0 Å². The average Bonchev–Trinajstić information content (AvgIpc) is 3.00. The number of nitrogens with zero attached hydrogens (tertiary/aromatic N) is 3. The number of benzene rings is 3. The first-order valence-electron chi connectivity index (χ1n) is 11.7. The van der Waals surface area contributed by atoms with Gasteiger partial charge in [0.05, 0.1) is 17.3 Å². The molecule has 4 nitrogen and oxygen atoms in total. The number of likely N-dealkylation sites (N-methyl/N-ethyl adjacent to an activating group) is 1. The van der Waals surface area contributed by atoms with Gasteiger partial charge in [-0.25, -0.2) is 13.2 Å². The number of rotatable bonds is 1. The van der Waals surface area contributed by atoms with E-state index in [2.05, 4.69) is 11.0 Å². The number of fused-ring (bicyclic) bond motifs is 4. The normalized spacial score (nSPS) is 22.8. The third kappa shape index (κ3) is 2.64. The largest absolute Gasteiger partial charge is 0.459 e. The minimum atomic E-state index is -1.48. The molecule has 3 aromatic carbocycles. The minimum absolute atomic E-state index is 0.00385. The van der Waals surface area contributed by atoms with Crippen molar-refractivity contribution in [3.8, 4) is 5.75 Å². The highest BCUT2D eigenvalue weighted by Gasteiger charge is 2.60. The first-order chi connectivity index (χ1) is 16.3. The van der Waals surface area contributed by atoms with Crippen molar-refractivity contribution < 1.29 is 17.9 Å². The minimum Gasteiger partial charge on any atom is -0.459 e. The van der Waals surface area contributed by atoms with Crippen LogP contribution < -0.4 is 14.5 Å². The Kier molecular flexibility index (Phi) is 4.48. The summed E-state index contributed by atoms with van der Waals surface area (Å²) >= 11 is 0. The van der Waals surface area contributed by atoms with Crippen molar-refractivity contribution in [2.24, 2.45) is 4.99 Å². The second-order valence-corrected chi connectivity index (χ2v) is 9.96. The Morgan fingerprint density at radius 3 is 2.38 bits per heavy atom. The fraction of sp³-hybridized carbons (Fsp3) is 0.370. The van der Waals surface area contributed by atoms with Gasteiger partial charge >= 0.3 is 0 Å². The molecule has 0 radical (unpaired) electrons. The highest BCUT2D eigenvalue weighted by Crippen LogP contribution is 2.56. The summed E-state index contributed by atoms with van der Waals surface area (Å²) in [6, 6.07) is 11.2. The summed E-state index contributed by atoms with van der Waals surface area (Å²) < 4.78 is 50.0. The third-order valence-electron chi connectivity index (χ3n) is 7.83. The molecule has 1 unspecified atom stereocenters. The Balaban J connectivity index is 1.54. The van der Waals surface area contributed by atoms with Gasteiger partial charge in [0.2, 0.25) is 5.72 Å². The fourth-order valence-electron chi connectivity index (χ4n) is 5.88. The van der Waals surface area contributed by atoms with Crippen molar-refractivity contribution in [2.75, 3.05) is 29.9 Å². The summed E-state index contributed by atoms with van der Waals surface area (Å²) in [5.74, 6) is -3.32. The lowest BCUT2D eigenvalue weighted by atomic mass is 9.77. The van der Waals surface area contributed by atoms with Crippen molar-refractivity contribution in [1.82, 2.24) is 0 Å². The molecule has 3 aliphatic heterocycles. The van der Waals surface area contributed by atoms with E-state index < -0.39 is 28.6 Å². The molecule has 3 heterocycles. The van der Waals surface area contributed by atoms with Gasteiger partial charge < -0.3 is 14.5 Å². The molecule has 6 rings (SSSR count). The molecule has 3 aromatic rings. The number of hydrogen-bond donors (Lipinski definition) is 0. The molecule has 1 saturated heterocycles. The van der Waals surface area contributed by atoms with Crippen LogP contribution in [0, 0.1) is 17.5 Å². The second-order valence-electron chi connectivity index (χ2n) is 9.96. The molecule has 1 spiro atoms. The topological polar surface area (TPSA) is 28.1 Å². The molecular weight excluding hydrogens is 439 g/mol. The van der Waals surface area contributed by atoms with Crippen LogP contribution in [-0.4, -0.2) is 32.1 Å². The van der Waals surface area contributed by atoms with E-state index >= 15 is 0 Å². The molecule has 1 atom stereocenters. The molecule has 0 saturated carbocycles. The summed E-state index contributed by atoms with van der Waals surface area (Å²) in [5.41, 5.74) is -0.0231. The first-order valence-corrected chi connectivity index (χ1v) is 11.7. The molecule has 0 amide bonds. The smallest absolute Gasteiger partial charge is 0.228 e. The maximum absolute atomic E-state index is 14.9. The Hall–Kier alpha value is -3.22. The molecule has 7 heteroatoms. The fourth-order valence-corrected chi connectivity index (χ4v) is 5.88. The van der Waals surface area contributed by atoms with Crippen LogP contribution in [0.4, 0.5) is 30.2 Å². The number of piperidine rings is 1.